The maximum atomic E-state index is 6.15. The number of hydrogen-bond acceptors (Lipinski definition) is 3. The van der Waals surface area contributed by atoms with Crippen molar-refractivity contribution in [3.05, 3.63) is 0 Å². The van der Waals surface area contributed by atoms with Crippen LogP contribution in [0.25, 0.3) is 0 Å². The van der Waals surface area contributed by atoms with Crippen molar-refractivity contribution in [1.82, 2.24) is 4.90 Å². The molecule has 3 aliphatic rings. The van der Waals surface area contributed by atoms with Crippen molar-refractivity contribution in [3.63, 3.8) is 0 Å². The quantitative estimate of drug-likeness (QED) is 0.814. The molecule has 3 atom stereocenters. The molecule has 1 saturated heterocycles. The summed E-state index contributed by atoms with van der Waals surface area (Å²) >= 11 is 0. The number of rotatable bonds is 3. The van der Waals surface area contributed by atoms with Gasteiger partial charge in [0.2, 0.25) is 0 Å². The number of ether oxygens (including phenoxy) is 1. The van der Waals surface area contributed by atoms with Crippen LogP contribution in [0.4, 0.5) is 0 Å². The topological polar surface area (TPSA) is 38.5 Å². The third kappa shape index (κ3) is 2.02. The predicted octanol–water partition coefficient (Wildman–Crippen LogP) is 1.76. The molecule has 3 unspecified atom stereocenters. The standard InChI is InChI=1S/C14H26N2O/c1-2-17-12-8-11(15)13(12)16-9-14(10-16)6-4-3-5-7-14/h11-13H,2-10,15H2,1H3. The van der Waals surface area contributed by atoms with Crippen LogP contribution in [0.1, 0.15) is 45.4 Å². The van der Waals surface area contributed by atoms with Crippen molar-refractivity contribution in [1.29, 1.82) is 0 Å². The van der Waals surface area contributed by atoms with Crippen molar-refractivity contribution in [2.24, 2.45) is 11.1 Å². The summed E-state index contributed by atoms with van der Waals surface area (Å²) < 4.78 is 5.77. The number of nitrogens with two attached hydrogens (primary N) is 1. The lowest BCUT2D eigenvalue weighted by atomic mass is 9.66. The molecule has 0 aromatic rings. The van der Waals surface area contributed by atoms with E-state index in [-0.39, 0.29) is 0 Å². The summed E-state index contributed by atoms with van der Waals surface area (Å²) in [6.07, 6.45) is 8.71. The van der Waals surface area contributed by atoms with Crippen molar-refractivity contribution >= 4 is 0 Å². The highest BCUT2D eigenvalue weighted by Gasteiger charge is 2.52. The normalized spacial score (nSPS) is 40.9. The van der Waals surface area contributed by atoms with Gasteiger partial charge in [-0.1, -0.05) is 19.3 Å². The third-order valence-corrected chi connectivity index (χ3v) is 5.12. The molecule has 3 rings (SSSR count). The molecule has 17 heavy (non-hydrogen) atoms. The second kappa shape index (κ2) is 4.52. The molecule has 0 radical (unpaired) electrons. The van der Waals surface area contributed by atoms with Crippen LogP contribution in [0.2, 0.25) is 0 Å². The van der Waals surface area contributed by atoms with E-state index in [1.165, 1.54) is 45.2 Å². The van der Waals surface area contributed by atoms with Crippen molar-refractivity contribution in [3.8, 4) is 0 Å². The summed E-state index contributed by atoms with van der Waals surface area (Å²) in [6.45, 7) is 5.48. The molecule has 0 aromatic heterocycles. The highest BCUT2D eigenvalue weighted by Crippen LogP contribution is 2.46. The molecular formula is C14H26N2O. The van der Waals surface area contributed by atoms with Gasteiger partial charge in [0.15, 0.2) is 0 Å². The van der Waals surface area contributed by atoms with Crippen molar-refractivity contribution in [2.45, 2.75) is 63.6 Å². The minimum atomic E-state index is 0.354. The van der Waals surface area contributed by atoms with Gasteiger partial charge < -0.3 is 10.5 Å². The Morgan fingerprint density at radius 3 is 2.53 bits per heavy atom. The lowest BCUT2D eigenvalue weighted by Gasteiger charge is -2.60. The maximum Gasteiger partial charge on any atom is 0.0760 e. The van der Waals surface area contributed by atoms with Gasteiger partial charge in [-0.05, 0) is 31.6 Å². The van der Waals surface area contributed by atoms with Crippen LogP contribution in [-0.2, 0) is 4.74 Å². The Bertz CT molecular complexity index is 265. The van der Waals surface area contributed by atoms with Gasteiger partial charge in [0, 0.05) is 25.7 Å². The molecule has 3 heteroatoms. The van der Waals surface area contributed by atoms with Crippen LogP contribution in [-0.4, -0.2) is 42.8 Å². The smallest absolute Gasteiger partial charge is 0.0760 e. The summed E-state index contributed by atoms with van der Waals surface area (Å²) in [4.78, 5) is 2.60. The Kier molecular flexibility index (Phi) is 3.18. The van der Waals surface area contributed by atoms with Crippen LogP contribution < -0.4 is 5.73 Å². The summed E-state index contributed by atoms with van der Waals surface area (Å²) in [5.41, 5.74) is 6.82. The fourth-order valence-electron chi connectivity index (χ4n) is 4.16. The lowest BCUT2D eigenvalue weighted by molar-refractivity contribution is -0.144. The summed E-state index contributed by atoms with van der Waals surface area (Å²) in [7, 11) is 0. The van der Waals surface area contributed by atoms with Gasteiger partial charge in [0.05, 0.1) is 12.1 Å². The summed E-state index contributed by atoms with van der Waals surface area (Å²) in [6, 6.07) is 0.870. The first-order valence-electron chi connectivity index (χ1n) is 7.35. The molecule has 2 aliphatic carbocycles. The zero-order valence-corrected chi connectivity index (χ0v) is 11.0. The molecule has 1 aliphatic heterocycles. The van der Waals surface area contributed by atoms with E-state index < -0.39 is 0 Å². The Hall–Kier alpha value is -0.120. The molecule has 98 valence electrons. The molecule has 3 nitrogen and oxygen atoms in total. The van der Waals surface area contributed by atoms with Gasteiger partial charge in [-0.3, -0.25) is 4.90 Å². The molecule has 1 heterocycles. The molecule has 2 saturated carbocycles. The van der Waals surface area contributed by atoms with Gasteiger partial charge in [-0.25, -0.2) is 0 Å². The van der Waals surface area contributed by atoms with E-state index in [4.69, 9.17) is 10.5 Å². The highest BCUT2D eigenvalue weighted by atomic mass is 16.5. The number of hydrogen-bond donors (Lipinski definition) is 1. The monoisotopic (exact) mass is 238 g/mol. The zero-order valence-electron chi connectivity index (χ0n) is 11.0. The lowest BCUT2D eigenvalue weighted by Crippen LogP contribution is -2.72. The molecule has 3 fully saturated rings. The average molecular weight is 238 g/mol. The molecule has 1 spiro atoms. The first-order chi connectivity index (χ1) is 8.24. The second-order valence-corrected chi connectivity index (χ2v) is 6.35. The number of likely N-dealkylation sites (tertiary alicyclic amines) is 1. The van der Waals surface area contributed by atoms with E-state index in [1.807, 2.05) is 0 Å². The first kappa shape index (κ1) is 11.9. The van der Waals surface area contributed by atoms with Crippen LogP contribution in [0.5, 0.6) is 0 Å². The van der Waals surface area contributed by atoms with Crippen LogP contribution in [0.3, 0.4) is 0 Å². The van der Waals surface area contributed by atoms with E-state index >= 15 is 0 Å². The van der Waals surface area contributed by atoms with E-state index in [0.29, 0.717) is 23.6 Å². The highest BCUT2D eigenvalue weighted by molar-refractivity contribution is 5.08. The minimum absolute atomic E-state index is 0.354. The van der Waals surface area contributed by atoms with Crippen LogP contribution in [0, 0.1) is 5.41 Å². The third-order valence-electron chi connectivity index (χ3n) is 5.12. The van der Waals surface area contributed by atoms with E-state index in [1.54, 1.807) is 0 Å². The van der Waals surface area contributed by atoms with Crippen molar-refractivity contribution < 1.29 is 4.74 Å². The van der Waals surface area contributed by atoms with E-state index in [0.717, 1.165) is 13.0 Å². The van der Waals surface area contributed by atoms with Gasteiger partial charge in [0.25, 0.3) is 0 Å². The van der Waals surface area contributed by atoms with Gasteiger partial charge >= 0.3 is 0 Å². The Morgan fingerprint density at radius 1 is 1.24 bits per heavy atom. The van der Waals surface area contributed by atoms with Crippen molar-refractivity contribution in [2.75, 3.05) is 19.7 Å². The SMILES string of the molecule is CCOC1CC(N)C1N1CC2(CCCCC2)C1. The Morgan fingerprint density at radius 2 is 1.94 bits per heavy atom. The zero-order chi connectivity index (χ0) is 11.9. The molecule has 0 aromatic carbocycles. The summed E-state index contributed by atoms with van der Waals surface area (Å²) in [5.74, 6) is 0. The molecule has 2 N–H and O–H groups in total. The summed E-state index contributed by atoms with van der Waals surface area (Å²) in [5, 5.41) is 0. The maximum absolute atomic E-state index is 6.15. The predicted molar refractivity (Wildman–Crippen MR) is 68.9 cm³/mol. The fraction of sp³-hybridized carbons (Fsp3) is 1.00. The fourth-order valence-corrected chi connectivity index (χ4v) is 4.16. The molecular weight excluding hydrogens is 212 g/mol. The van der Waals surface area contributed by atoms with Crippen LogP contribution >= 0.6 is 0 Å². The van der Waals surface area contributed by atoms with E-state index in [2.05, 4.69) is 11.8 Å². The van der Waals surface area contributed by atoms with E-state index in [9.17, 15) is 0 Å². The second-order valence-electron chi connectivity index (χ2n) is 6.35. The van der Waals surface area contributed by atoms with Gasteiger partial charge in [0.1, 0.15) is 0 Å². The largest absolute Gasteiger partial charge is 0.377 e. The van der Waals surface area contributed by atoms with Gasteiger partial charge in [-0.15, -0.1) is 0 Å². The van der Waals surface area contributed by atoms with Gasteiger partial charge in [-0.2, -0.15) is 0 Å². The molecule has 0 amide bonds. The Labute approximate surface area is 105 Å². The number of nitrogens with zero attached hydrogens (tertiary/aromatic N) is 1. The average Bonchev–Trinajstić information content (AvgIpc) is 2.28. The van der Waals surface area contributed by atoms with Crippen LogP contribution in [0.15, 0.2) is 0 Å². The molecule has 0 bridgehead atoms. The minimum Gasteiger partial charge on any atom is -0.377 e. The first-order valence-corrected chi connectivity index (χ1v) is 7.35. The Balaban J connectivity index is 1.53.